The molecular weight excluding hydrogens is 354 g/mol. The molecule has 1 aliphatic rings. The molecule has 0 atom stereocenters. The number of rotatable bonds is 5. The van der Waals surface area contributed by atoms with Crippen LogP contribution in [0.4, 0.5) is 17.1 Å². The van der Waals surface area contributed by atoms with Gasteiger partial charge in [0.2, 0.25) is 5.91 Å². The highest BCUT2D eigenvalue weighted by atomic mass is 16.6. The van der Waals surface area contributed by atoms with Crippen LogP contribution < -0.4 is 15.0 Å². The first kappa shape index (κ1) is 18.1. The van der Waals surface area contributed by atoms with Crippen molar-refractivity contribution < 1.29 is 24.0 Å². The van der Waals surface area contributed by atoms with Gasteiger partial charge in [0.1, 0.15) is 12.3 Å². The second-order valence-electron chi connectivity index (χ2n) is 5.86. The van der Waals surface area contributed by atoms with Crippen molar-refractivity contribution in [2.75, 3.05) is 23.4 Å². The van der Waals surface area contributed by atoms with Crippen LogP contribution in [0.2, 0.25) is 0 Å². The molecule has 27 heavy (non-hydrogen) atoms. The first-order valence-electron chi connectivity index (χ1n) is 7.97. The number of ketones is 1. The molecule has 2 aromatic carbocycles. The number of non-ortho nitro benzene ring substituents is 1. The van der Waals surface area contributed by atoms with Gasteiger partial charge in [0, 0.05) is 23.4 Å². The van der Waals surface area contributed by atoms with E-state index in [4.69, 9.17) is 4.74 Å². The lowest BCUT2D eigenvalue weighted by Crippen LogP contribution is -2.43. The van der Waals surface area contributed by atoms with Crippen molar-refractivity contribution >= 4 is 34.7 Å². The number of benzene rings is 2. The Kier molecular flexibility index (Phi) is 4.84. The van der Waals surface area contributed by atoms with E-state index in [-0.39, 0.29) is 30.3 Å². The lowest BCUT2D eigenvalue weighted by molar-refractivity contribution is -0.384. The Morgan fingerprint density at radius 2 is 1.93 bits per heavy atom. The molecule has 0 aromatic heterocycles. The topological polar surface area (TPSA) is 119 Å². The van der Waals surface area contributed by atoms with Crippen molar-refractivity contribution in [1.29, 1.82) is 0 Å². The van der Waals surface area contributed by atoms with Crippen molar-refractivity contribution in [2.45, 2.75) is 6.92 Å². The third-order valence-electron chi connectivity index (χ3n) is 3.97. The molecule has 0 fully saturated rings. The van der Waals surface area contributed by atoms with Crippen LogP contribution in [-0.4, -0.2) is 35.7 Å². The molecule has 1 N–H and O–H groups in total. The van der Waals surface area contributed by atoms with Gasteiger partial charge in [0.15, 0.2) is 12.4 Å². The van der Waals surface area contributed by atoms with E-state index in [0.717, 1.165) is 4.90 Å². The summed E-state index contributed by atoms with van der Waals surface area (Å²) >= 11 is 0. The summed E-state index contributed by atoms with van der Waals surface area (Å²) in [6.45, 7) is 0.852. The number of hydrogen-bond acceptors (Lipinski definition) is 6. The standard InChI is InChI=1S/C18H15N3O6/c1-11(22)12-2-4-13(5-3-12)19-17(23)9-20-15-8-14(21(25)26)6-7-16(15)27-10-18(20)24/h2-8H,9-10H2,1H3,(H,19,23). The maximum Gasteiger partial charge on any atom is 0.271 e. The Morgan fingerprint density at radius 3 is 2.56 bits per heavy atom. The van der Waals surface area contributed by atoms with Crippen LogP contribution in [0.15, 0.2) is 42.5 Å². The van der Waals surface area contributed by atoms with Crippen molar-refractivity contribution in [3.05, 3.63) is 58.1 Å². The van der Waals surface area contributed by atoms with Gasteiger partial charge >= 0.3 is 0 Å². The molecule has 9 nitrogen and oxygen atoms in total. The van der Waals surface area contributed by atoms with E-state index in [1.54, 1.807) is 24.3 Å². The Hall–Kier alpha value is -3.75. The fourth-order valence-electron chi connectivity index (χ4n) is 2.61. The van der Waals surface area contributed by atoms with Gasteiger partial charge in [-0.2, -0.15) is 0 Å². The molecule has 3 rings (SSSR count). The van der Waals surface area contributed by atoms with Crippen LogP contribution in [0.25, 0.3) is 0 Å². The third-order valence-corrected chi connectivity index (χ3v) is 3.97. The van der Waals surface area contributed by atoms with E-state index in [2.05, 4.69) is 5.32 Å². The summed E-state index contributed by atoms with van der Waals surface area (Å²) in [6.07, 6.45) is 0. The Bertz CT molecular complexity index is 939. The average molecular weight is 369 g/mol. The number of nitrogens with one attached hydrogen (secondary N) is 1. The average Bonchev–Trinajstić information content (AvgIpc) is 2.64. The molecule has 0 saturated heterocycles. The summed E-state index contributed by atoms with van der Waals surface area (Å²) in [4.78, 5) is 47.3. The SMILES string of the molecule is CC(=O)c1ccc(NC(=O)CN2C(=O)COc3ccc([N+](=O)[O-])cc32)cc1. The number of amides is 2. The monoisotopic (exact) mass is 369 g/mol. The van der Waals surface area contributed by atoms with Gasteiger partial charge in [-0.15, -0.1) is 0 Å². The van der Waals surface area contributed by atoms with Gasteiger partial charge in [-0.3, -0.25) is 29.4 Å². The maximum absolute atomic E-state index is 12.3. The van der Waals surface area contributed by atoms with Crippen LogP contribution in [0, 0.1) is 10.1 Å². The van der Waals surface area contributed by atoms with Gasteiger partial charge in [-0.1, -0.05) is 0 Å². The lowest BCUT2D eigenvalue weighted by Gasteiger charge is -2.28. The van der Waals surface area contributed by atoms with E-state index < -0.39 is 16.7 Å². The highest BCUT2D eigenvalue weighted by molar-refractivity contribution is 6.05. The fraction of sp³-hybridized carbons (Fsp3) is 0.167. The van der Waals surface area contributed by atoms with Crippen LogP contribution in [0.5, 0.6) is 5.75 Å². The lowest BCUT2D eigenvalue weighted by atomic mass is 10.1. The van der Waals surface area contributed by atoms with E-state index in [9.17, 15) is 24.5 Å². The van der Waals surface area contributed by atoms with Crippen LogP contribution in [0.3, 0.4) is 0 Å². The van der Waals surface area contributed by atoms with Crippen molar-refractivity contribution in [1.82, 2.24) is 0 Å². The molecule has 0 aliphatic carbocycles. The molecule has 138 valence electrons. The summed E-state index contributed by atoms with van der Waals surface area (Å²) in [7, 11) is 0. The highest BCUT2D eigenvalue weighted by Gasteiger charge is 2.29. The number of hydrogen-bond donors (Lipinski definition) is 1. The van der Waals surface area contributed by atoms with Crippen LogP contribution >= 0.6 is 0 Å². The minimum atomic E-state index is -0.589. The summed E-state index contributed by atoms with van der Waals surface area (Å²) in [5.41, 5.74) is 0.933. The second kappa shape index (κ2) is 7.24. The van der Waals surface area contributed by atoms with Gasteiger partial charge in [-0.05, 0) is 37.3 Å². The number of Topliss-reactive ketones (excluding diaryl/α,β-unsaturated/α-hetero) is 1. The van der Waals surface area contributed by atoms with E-state index in [1.807, 2.05) is 0 Å². The first-order valence-corrected chi connectivity index (χ1v) is 7.97. The number of anilines is 2. The van der Waals surface area contributed by atoms with Crippen LogP contribution in [0.1, 0.15) is 17.3 Å². The molecule has 0 bridgehead atoms. The zero-order valence-electron chi connectivity index (χ0n) is 14.3. The minimum Gasteiger partial charge on any atom is -0.482 e. The minimum absolute atomic E-state index is 0.0926. The predicted octanol–water partition coefficient (Wildman–Crippen LogP) is 2.16. The molecule has 0 unspecified atom stereocenters. The Labute approximate surface area is 153 Å². The smallest absolute Gasteiger partial charge is 0.271 e. The molecule has 1 heterocycles. The molecule has 9 heteroatoms. The van der Waals surface area contributed by atoms with Gasteiger partial charge in [-0.25, -0.2) is 0 Å². The Morgan fingerprint density at radius 1 is 1.22 bits per heavy atom. The summed E-state index contributed by atoms with van der Waals surface area (Å²) in [5, 5.41) is 13.6. The van der Waals surface area contributed by atoms with Crippen LogP contribution in [-0.2, 0) is 9.59 Å². The predicted molar refractivity (Wildman–Crippen MR) is 96.0 cm³/mol. The van der Waals surface area contributed by atoms with E-state index in [1.165, 1.54) is 25.1 Å². The van der Waals surface area contributed by atoms with Crippen molar-refractivity contribution in [3.63, 3.8) is 0 Å². The zero-order valence-corrected chi connectivity index (χ0v) is 14.3. The van der Waals surface area contributed by atoms with E-state index in [0.29, 0.717) is 17.0 Å². The molecule has 1 aliphatic heterocycles. The molecule has 0 radical (unpaired) electrons. The quantitative estimate of drug-likeness (QED) is 0.490. The van der Waals surface area contributed by atoms with Crippen molar-refractivity contribution in [2.24, 2.45) is 0 Å². The number of ether oxygens (including phenoxy) is 1. The number of nitro benzene ring substituents is 1. The third kappa shape index (κ3) is 3.92. The fourth-order valence-corrected chi connectivity index (χ4v) is 2.61. The molecule has 0 saturated carbocycles. The first-order chi connectivity index (χ1) is 12.8. The van der Waals surface area contributed by atoms with Crippen molar-refractivity contribution in [3.8, 4) is 5.75 Å². The van der Waals surface area contributed by atoms with Gasteiger partial charge in [0.25, 0.3) is 11.6 Å². The molecule has 0 spiro atoms. The zero-order chi connectivity index (χ0) is 19.6. The van der Waals surface area contributed by atoms with Gasteiger partial charge < -0.3 is 10.1 Å². The maximum atomic E-state index is 12.3. The molecule has 2 amide bonds. The van der Waals surface area contributed by atoms with Gasteiger partial charge in [0.05, 0.1) is 10.6 Å². The number of nitrogens with zero attached hydrogens (tertiary/aromatic N) is 2. The number of nitro groups is 1. The Balaban J connectivity index is 1.77. The summed E-state index contributed by atoms with van der Waals surface area (Å²) in [5.74, 6) is -0.771. The largest absolute Gasteiger partial charge is 0.482 e. The number of carbonyl (C=O) groups excluding carboxylic acids is 3. The molecular formula is C18H15N3O6. The summed E-state index contributed by atoms with van der Waals surface area (Å²) in [6, 6.07) is 10.2. The van der Waals surface area contributed by atoms with E-state index >= 15 is 0 Å². The number of carbonyl (C=O) groups is 3. The molecule has 2 aromatic rings. The number of fused-ring (bicyclic) bond motifs is 1. The normalized spacial score (nSPS) is 12.8. The summed E-state index contributed by atoms with van der Waals surface area (Å²) < 4.78 is 5.26. The highest BCUT2D eigenvalue weighted by Crippen LogP contribution is 2.35. The second-order valence-corrected chi connectivity index (χ2v) is 5.86.